The second kappa shape index (κ2) is 8.77. The molecule has 0 saturated heterocycles. The molecule has 0 saturated carbocycles. The number of benzene rings is 2. The van der Waals surface area contributed by atoms with E-state index >= 15 is 0 Å². The number of amides is 1. The summed E-state index contributed by atoms with van der Waals surface area (Å²) in [6.07, 6.45) is 1.55. The molecule has 2 aromatic rings. The summed E-state index contributed by atoms with van der Waals surface area (Å²) in [6, 6.07) is 16.3. The molecule has 0 spiro atoms. The normalized spacial score (nSPS) is 11.5. The third-order valence-corrected chi connectivity index (χ3v) is 4.65. The van der Waals surface area contributed by atoms with Gasteiger partial charge in [-0.3, -0.25) is 4.79 Å². The maximum Gasteiger partial charge on any atom is 0.233 e. The number of hydrogen-bond acceptors (Lipinski definition) is 3. The van der Waals surface area contributed by atoms with Gasteiger partial charge in [0.2, 0.25) is 15.9 Å². The smallest absolute Gasteiger partial charge is 0.233 e. The number of carbonyl (C=O) groups excluding carboxylic acids is 1. The van der Waals surface area contributed by atoms with Crippen molar-refractivity contribution in [1.82, 2.24) is 4.72 Å². The minimum Gasteiger partial charge on any atom is -0.326 e. The fourth-order valence-corrected chi connectivity index (χ4v) is 2.93. The molecular formula is C17H17BrN2O3S. The zero-order valence-corrected chi connectivity index (χ0v) is 15.2. The van der Waals surface area contributed by atoms with Crippen LogP contribution < -0.4 is 10.0 Å². The lowest BCUT2D eigenvalue weighted by Gasteiger charge is -2.06. The van der Waals surface area contributed by atoms with Crippen LogP contribution in [0.15, 0.2) is 64.5 Å². The van der Waals surface area contributed by atoms with Crippen LogP contribution in [0.2, 0.25) is 0 Å². The highest BCUT2D eigenvalue weighted by Crippen LogP contribution is 2.14. The van der Waals surface area contributed by atoms with Gasteiger partial charge in [0.25, 0.3) is 0 Å². The number of nitrogens with one attached hydrogen (secondary N) is 2. The van der Waals surface area contributed by atoms with Crippen LogP contribution in [-0.4, -0.2) is 20.9 Å². The van der Waals surface area contributed by atoms with Crippen LogP contribution in [0.25, 0.3) is 6.08 Å². The molecule has 0 heterocycles. The van der Waals surface area contributed by atoms with E-state index < -0.39 is 10.0 Å². The predicted molar refractivity (Wildman–Crippen MR) is 99.8 cm³/mol. The minimum atomic E-state index is -3.57. The largest absolute Gasteiger partial charge is 0.326 e. The Morgan fingerprint density at radius 3 is 2.38 bits per heavy atom. The molecule has 126 valence electrons. The van der Waals surface area contributed by atoms with Gasteiger partial charge in [-0.05, 0) is 35.9 Å². The van der Waals surface area contributed by atoms with Crippen LogP contribution in [0.4, 0.5) is 5.69 Å². The lowest BCUT2D eigenvalue weighted by atomic mass is 10.2. The number of carbonyl (C=O) groups is 1. The third kappa shape index (κ3) is 6.66. The van der Waals surface area contributed by atoms with E-state index in [4.69, 9.17) is 0 Å². The van der Waals surface area contributed by atoms with Crippen molar-refractivity contribution >= 4 is 43.6 Å². The Balaban J connectivity index is 1.79. The Bertz CT molecular complexity index is 803. The maximum atomic E-state index is 11.8. The van der Waals surface area contributed by atoms with Gasteiger partial charge in [-0.15, -0.1) is 0 Å². The molecule has 0 unspecified atom stereocenters. The van der Waals surface area contributed by atoms with E-state index in [-0.39, 0.29) is 18.9 Å². The first-order valence-electron chi connectivity index (χ1n) is 7.23. The molecule has 2 N–H and O–H groups in total. The molecule has 0 atom stereocenters. The molecule has 1 amide bonds. The van der Waals surface area contributed by atoms with Crippen LogP contribution in [-0.2, 0) is 14.8 Å². The van der Waals surface area contributed by atoms with E-state index in [1.807, 2.05) is 30.3 Å². The molecule has 7 heteroatoms. The summed E-state index contributed by atoms with van der Waals surface area (Å²) in [5, 5.41) is 3.79. The average molecular weight is 409 g/mol. The van der Waals surface area contributed by atoms with Crippen LogP contribution in [0.5, 0.6) is 0 Å². The van der Waals surface area contributed by atoms with Crippen LogP contribution in [0.1, 0.15) is 12.0 Å². The Hall–Kier alpha value is -1.96. The fourth-order valence-electron chi connectivity index (χ4n) is 1.84. The van der Waals surface area contributed by atoms with Gasteiger partial charge >= 0.3 is 0 Å². The number of halogens is 1. The van der Waals surface area contributed by atoms with Crippen molar-refractivity contribution in [2.24, 2.45) is 0 Å². The molecule has 0 bridgehead atoms. The molecule has 0 fully saturated rings. The fraction of sp³-hybridized carbons (Fsp3) is 0.118. The summed E-state index contributed by atoms with van der Waals surface area (Å²) < 4.78 is 27.0. The summed E-state index contributed by atoms with van der Waals surface area (Å²) in [5.74, 6) is -0.257. The molecule has 0 aliphatic heterocycles. The van der Waals surface area contributed by atoms with E-state index in [1.54, 1.807) is 24.3 Å². The highest BCUT2D eigenvalue weighted by molar-refractivity contribution is 9.10. The second-order valence-corrected chi connectivity index (χ2v) is 7.52. The van der Waals surface area contributed by atoms with E-state index in [0.29, 0.717) is 5.69 Å². The van der Waals surface area contributed by atoms with Crippen molar-refractivity contribution < 1.29 is 13.2 Å². The molecule has 2 aromatic carbocycles. The highest BCUT2D eigenvalue weighted by atomic mass is 79.9. The molecule has 0 aliphatic rings. The quantitative estimate of drug-likeness (QED) is 0.737. The SMILES string of the molecule is O=C(CCNS(=O)(=O)/C=C/c1ccccc1)Nc1ccc(Br)cc1. The van der Waals surface area contributed by atoms with Crippen LogP contribution >= 0.6 is 15.9 Å². The molecule has 5 nitrogen and oxygen atoms in total. The van der Waals surface area contributed by atoms with E-state index in [2.05, 4.69) is 26.0 Å². The van der Waals surface area contributed by atoms with Gasteiger partial charge in [0, 0.05) is 28.5 Å². The Kier molecular flexibility index (Phi) is 6.72. The van der Waals surface area contributed by atoms with Crippen molar-refractivity contribution in [3.63, 3.8) is 0 Å². The predicted octanol–water partition coefficient (Wildman–Crippen LogP) is 3.37. The summed E-state index contributed by atoms with van der Waals surface area (Å²) in [7, 11) is -3.57. The zero-order valence-electron chi connectivity index (χ0n) is 12.8. The van der Waals surface area contributed by atoms with E-state index in [0.717, 1.165) is 15.4 Å². The van der Waals surface area contributed by atoms with Crippen LogP contribution in [0.3, 0.4) is 0 Å². The lowest BCUT2D eigenvalue weighted by molar-refractivity contribution is -0.116. The van der Waals surface area contributed by atoms with Crippen molar-refractivity contribution in [2.45, 2.75) is 6.42 Å². The Labute approximate surface area is 150 Å². The topological polar surface area (TPSA) is 75.3 Å². The van der Waals surface area contributed by atoms with Gasteiger partial charge in [0.1, 0.15) is 0 Å². The maximum absolute atomic E-state index is 11.8. The summed E-state index contributed by atoms with van der Waals surface area (Å²) in [5.41, 5.74) is 1.45. The first kappa shape index (κ1) is 18.4. The van der Waals surface area contributed by atoms with Gasteiger partial charge in [0.05, 0.1) is 0 Å². The lowest BCUT2D eigenvalue weighted by Crippen LogP contribution is -2.26. The van der Waals surface area contributed by atoms with Gasteiger partial charge < -0.3 is 5.32 Å². The monoisotopic (exact) mass is 408 g/mol. The van der Waals surface area contributed by atoms with Gasteiger partial charge in [-0.25, -0.2) is 13.1 Å². The minimum absolute atomic E-state index is 0.0316. The average Bonchev–Trinajstić information content (AvgIpc) is 2.56. The number of sulfonamides is 1. The number of rotatable bonds is 7. The summed E-state index contributed by atoms with van der Waals surface area (Å²) in [4.78, 5) is 11.8. The standard InChI is InChI=1S/C17H17BrN2O3S/c18-15-6-8-16(9-7-15)20-17(21)10-12-19-24(22,23)13-11-14-4-2-1-3-5-14/h1-9,11,13,19H,10,12H2,(H,20,21)/b13-11+. The second-order valence-electron chi connectivity index (χ2n) is 4.96. The van der Waals surface area contributed by atoms with Gasteiger partial charge in [-0.2, -0.15) is 0 Å². The molecule has 0 radical (unpaired) electrons. The summed E-state index contributed by atoms with van der Waals surface area (Å²) >= 11 is 3.31. The highest BCUT2D eigenvalue weighted by Gasteiger charge is 2.07. The number of anilines is 1. The third-order valence-electron chi connectivity index (χ3n) is 3.02. The van der Waals surface area contributed by atoms with Crippen molar-refractivity contribution in [2.75, 3.05) is 11.9 Å². The van der Waals surface area contributed by atoms with Crippen molar-refractivity contribution in [1.29, 1.82) is 0 Å². The molecule has 0 aliphatic carbocycles. The first-order chi connectivity index (χ1) is 11.4. The van der Waals surface area contributed by atoms with E-state index in [1.165, 1.54) is 6.08 Å². The number of hydrogen-bond donors (Lipinski definition) is 2. The first-order valence-corrected chi connectivity index (χ1v) is 9.57. The van der Waals surface area contributed by atoms with Gasteiger partial charge in [0.15, 0.2) is 0 Å². The van der Waals surface area contributed by atoms with E-state index in [9.17, 15) is 13.2 Å². The molecule has 2 rings (SSSR count). The van der Waals surface area contributed by atoms with Crippen molar-refractivity contribution in [3.05, 3.63) is 70.0 Å². The summed E-state index contributed by atoms with van der Waals surface area (Å²) in [6.45, 7) is 0.0316. The van der Waals surface area contributed by atoms with Crippen molar-refractivity contribution in [3.8, 4) is 0 Å². The van der Waals surface area contributed by atoms with Crippen LogP contribution in [0, 0.1) is 0 Å². The molecule has 0 aromatic heterocycles. The Morgan fingerprint density at radius 2 is 1.71 bits per heavy atom. The molecule has 24 heavy (non-hydrogen) atoms. The zero-order chi connectivity index (χ0) is 17.4. The van der Waals surface area contributed by atoms with Gasteiger partial charge in [-0.1, -0.05) is 46.3 Å². The Morgan fingerprint density at radius 1 is 1.04 bits per heavy atom. The molecular weight excluding hydrogens is 392 g/mol.